The van der Waals surface area contributed by atoms with Gasteiger partial charge in [0.1, 0.15) is 0 Å². The lowest BCUT2D eigenvalue weighted by Crippen LogP contribution is -2.46. The van der Waals surface area contributed by atoms with Gasteiger partial charge in [0.25, 0.3) is 0 Å². The molecular formula is C13H17ClN2OS. The Bertz CT molecular complexity index is 421. The van der Waals surface area contributed by atoms with Crippen molar-refractivity contribution >= 4 is 29.3 Å². The lowest BCUT2D eigenvalue weighted by Gasteiger charge is -2.17. The van der Waals surface area contributed by atoms with Gasteiger partial charge in [0, 0.05) is 22.7 Å². The fourth-order valence-corrected chi connectivity index (χ4v) is 3.11. The highest BCUT2D eigenvalue weighted by atomic mass is 35.5. The van der Waals surface area contributed by atoms with Crippen LogP contribution in [-0.4, -0.2) is 29.6 Å². The number of benzene rings is 1. The van der Waals surface area contributed by atoms with Crippen LogP contribution < -0.4 is 10.6 Å². The maximum Gasteiger partial charge on any atom is 0.238 e. The van der Waals surface area contributed by atoms with Crippen molar-refractivity contribution in [2.24, 2.45) is 0 Å². The molecule has 18 heavy (non-hydrogen) atoms. The Kier molecular flexibility index (Phi) is 4.92. The average Bonchev–Trinajstić information content (AvgIpc) is 2.85. The number of nitrogens with one attached hydrogen (secondary N) is 2. The van der Waals surface area contributed by atoms with E-state index in [1.165, 1.54) is 0 Å². The van der Waals surface area contributed by atoms with Gasteiger partial charge in [-0.25, -0.2) is 0 Å². The molecule has 0 aliphatic carbocycles. The first-order chi connectivity index (χ1) is 8.66. The quantitative estimate of drug-likeness (QED) is 0.889. The van der Waals surface area contributed by atoms with E-state index in [0.29, 0.717) is 0 Å². The minimum Gasteiger partial charge on any atom is -0.352 e. The Morgan fingerprint density at radius 1 is 1.61 bits per heavy atom. The number of hydrogen-bond acceptors (Lipinski definition) is 3. The number of halogens is 1. The fourth-order valence-electron chi connectivity index (χ4n) is 1.95. The highest BCUT2D eigenvalue weighted by Crippen LogP contribution is 2.17. The van der Waals surface area contributed by atoms with E-state index < -0.39 is 0 Å². The van der Waals surface area contributed by atoms with Crippen LogP contribution in [0, 0.1) is 0 Å². The van der Waals surface area contributed by atoms with Crippen LogP contribution in [0.2, 0.25) is 5.02 Å². The zero-order valence-electron chi connectivity index (χ0n) is 10.3. The summed E-state index contributed by atoms with van der Waals surface area (Å²) in [6.07, 6.45) is 0.755. The highest BCUT2D eigenvalue weighted by Gasteiger charge is 2.23. The van der Waals surface area contributed by atoms with E-state index in [-0.39, 0.29) is 18.0 Å². The molecule has 0 aromatic heterocycles. The van der Waals surface area contributed by atoms with Crippen LogP contribution in [0.5, 0.6) is 0 Å². The van der Waals surface area contributed by atoms with Gasteiger partial charge in [0.2, 0.25) is 5.91 Å². The summed E-state index contributed by atoms with van der Waals surface area (Å²) in [5.74, 6) is 1.79. The predicted molar refractivity (Wildman–Crippen MR) is 77.0 cm³/mol. The molecule has 1 aromatic rings. The third kappa shape index (κ3) is 3.64. The summed E-state index contributed by atoms with van der Waals surface area (Å²) in [6, 6.07) is 7.78. The molecule has 0 saturated carbocycles. The number of rotatable bonds is 4. The summed E-state index contributed by atoms with van der Waals surface area (Å²) in [5, 5.41) is 6.94. The van der Waals surface area contributed by atoms with Crippen LogP contribution in [0.4, 0.5) is 0 Å². The Morgan fingerprint density at radius 3 is 3.06 bits per heavy atom. The molecule has 1 amide bonds. The number of hydrogen-bond donors (Lipinski definition) is 2. The minimum atomic E-state index is -0.0521. The SMILES string of the molecule is CC(Cc1ccccc1Cl)NC(=O)C1CSCN1. The first-order valence-corrected chi connectivity index (χ1v) is 7.55. The number of amides is 1. The molecule has 0 bridgehead atoms. The first-order valence-electron chi connectivity index (χ1n) is 6.01. The van der Waals surface area contributed by atoms with Gasteiger partial charge in [-0.15, -0.1) is 11.8 Å². The average molecular weight is 285 g/mol. The summed E-state index contributed by atoms with van der Waals surface area (Å²) < 4.78 is 0. The monoisotopic (exact) mass is 284 g/mol. The van der Waals surface area contributed by atoms with Crippen molar-refractivity contribution in [1.29, 1.82) is 0 Å². The molecule has 5 heteroatoms. The smallest absolute Gasteiger partial charge is 0.238 e. The van der Waals surface area contributed by atoms with E-state index in [0.717, 1.165) is 28.6 Å². The fraction of sp³-hybridized carbons (Fsp3) is 0.462. The van der Waals surface area contributed by atoms with Crippen molar-refractivity contribution in [3.63, 3.8) is 0 Å². The van der Waals surface area contributed by atoms with Crippen LogP contribution in [0.25, 0.3) is 0 Å². The maximum atomic E-state index is 11.9. The third-order valence-corrected chi connectivity index (χ3v) is 4.21. The molecule has 0 radical (unpaired) electrons. The molecule has 2 rings (SSSR count). The largest absolute Gasteiger partial charge is 0.352 e. The molecule has 1 saturated heterocycles. The number of carbonyl (C=O) groups is 1. The zero-order valence-corrected chi connectivity index (χ0v) is 11.9. The summed E-state index contributed by atoms with van der Waals surface area (Å²) in [6.45, 7) is 2.00. The molecule has 1 fully saturated rings. The molecule has 0 spiro atoms. The maximum absolute atomic E-state index is 11.9. The second kappa shape index (κ2) is 6.45. The van der Waals surface area contributed by atoms with E-state index >= 15 is 0 Å². The van der Waals surface area contributed by atoms with Gasteiger partial charge in [0.05, 0.1) is 6.04 Å². The summed E-state index contributed by atoms with van der Waals surface area (Å²) >= 11 is 7.85. The lowest BCUT2D eigenvalue weighted by molar-refractivity contribution is -0.123. The predicted octanol–water partition coefficient (Wildman–Crippen LogP) is 2.05. The molecule has 1 aliphatic heterocycles. The van der Waals surface area contributed by atoms with E-state index in [1.54, 1.807) is 11.8 Å². The molecule has 1 heterocycles. The van der Waals surface area contributed by atoms with Crippen molar-refractivity contribution in [2.45, 2.75) is 25.4 Å². The highest BCUT2D eigenvalue weighted by molar-refractivity contribution is 7.99. The van der Waals surface area contributed by atoms with Crippen molar-refractivity contribution < 1.29 is 4.79 Å². The van der Waals surface area contributed by atoms with Crippen molar-refractivity contribution in [3.05, 3.63) is 34.9 Å². The Morgan fingerprint density at radius 2 is 2.39 bits per heavy atom. The molecule has 2 N–H and O–H groups in total. The van der Waals surface area contributed by atoms with E-state index in [1.807, 2.05) is 31.2 Å². The number of thioether (sulfide) groups is 1. The van der Waals surface area contributed by atoms with Crippen LogP contribution in [0.15, 0.2) is 24.3 Å². The van der Waals surface area contributed by atoms with Crippen molar-refractivity contribution in [3.8, 4) is 0 Å². The Labute approximate surface area is 117 Å². The van der Waals surface area contributed by atoms with Crippen molar-refractivity contribution in [2.75, 3.05) is 11.6 Å². The third-order valence-electron chi connectivity index (χ3n) is 2.91. The van der Waals surface area contributed by atoms with Crippen molar-refractivity contribution in [1.82, 2.24) is 10.6 Å². The first kappa shape index (κ1) is 13.7. The summed E-state index contributed by atoms with van der Waals surface area (Å²) in [7, 11) is 0. The van der Waals surface area contributed by atoms with Gasteiger partial charge in [0.15, 0.2) is 0 Å². The number of carbonyl (C=O) groups excluding carboxylic acids is 1. The van der Waals surface area contributed by atoms with Gasteiger partial charge >= 0.3 is 0 Å². The second-order valence-corrected chi connectivity index (χ2v) is 5.91. The zero-order chi connectivity index (χ0) is 13.0. The Hall–Kier alpha value is -0.710. The summed E-state index contributed by atoms with van der Waals surface area (Å²) in [4.78, 5) is 11.9. The summed E-state index contributed by atoms with van der Waals surface area (Å²) in [5.41, 5.74) is 1.07. The second-order valence-electron chi connectivity index (χ2n) is 4.48. The molecule has 1 aromatic carbocycles. The van der Waals surface area contributed by atoms with Crippen LogP contribution in [0.1, 0.15) is 12.5 Å². The molecular weight excluding hydrogens is 268 g/mol. The van der Waals surface area contributed by atoms with E-state index in [9.17, 15) is 4.79 Å². The Balaban J connectivity index is 1.86. The van der Waals surface area contributed by atoms with Crippen LogP contribution >= 0.6 is 23.4 Å². The lowest BCUT2D eigenvalue weighted by atomic mass is 10.1. The van der Waals surface area contributed by atoms with Gasteiger partial charge < -0.3 is 5.32 Å². The van der Waals surface area contributed by atoms with Gasteiger partial charge in [-0.05, 0) is 25.0 Å². The van der Waals surface area contributed by atoms with Gasteiger partial charge in [-0.2, -0.15) is 0 Å². The molecule has 1 aliphatic rings. The molecule has 2 unspecified atom stereocenters. The molecule has 3 nitrogen and oxygen atoms in total. The van der Waals surface area contributed by atoms with E-state index in [4.69, 9.17) is 11.6 Å². The standard InChI is InChI=1S/C13H17ClN2OS/c1-9(6-10-4-2-3-5-11(10)14)16-13(17)12-7-18-8-15-12/h2-5,9,12,15H,6-8H2,1H3,(H,16,17). The van der Waals surface area contributed by atoms with Crippen LogP contribution in [-0.2, 0) is 11.2 Å². The normalized spacial score (nSPS) is 20.7. The van der Waals surface area contributed by atoms with Crippen LogP contribution in [0.3, 0.4) is 0 Å². The minimum absolute atomic E-state index is 0.0521. The van der Waals surface area contributed by atoms with Gasteiger partial charge in [-0.1, -0.05) is 29.8 Å². The topological polar surface area (TPSA) is 41.1 Å². The van der Waals surface area contributed by atoms with E-state index in [2.05, 4.69) is 10.6 Å². The molecule has 98 valence electrons. The molecule has 2 atom stereocenters. The van der Waals surface area contributed by atoms with Gasteiger partial charge in [-0.3, -0.25) is 10.1 Å².